The number of amidine groups is 1. The van der Waals surface area contributed by atoms with E-state index in [9.17, 15) is 13.2 Å². The number of para-hydroxylation sites is 1. The van der Waals surface area contributed by atoms with Crippen molar-refractivity contribution in [1.82, 2.24) is 5.43 Å². The van der Waals surface area contributed by atoms with Crippen LogP contribution < -0.4 is 15.8 Å². The Hall–Kier alpha value is -1.80. The highest BCUT2D eigenvalue weighted by Crippen LogP contribution is 2.19. The molecule has 2 rings (SSSR count). The molecule has 1 aliphatic rings. The zero-order valence-corrected chi connectivity index (χ0v) is 14.2. The molecule has 0 bridgehead atoms. The predicted molar refractivity (Wildman–Crippen MR) is 87.9 cm³/mol. The Bertz CT molecular complexity index is 706. The molecule has 0 unspecified atom stereocenters. The molecular formula is C14H19ClN3O4S+. The highest BCUT2D eigenvalue weighted by molar-refractivity contribution is 7.91. The molecule has 0 radical (unpaired) electrons. The molecule has 0 saturated carbocycles. The smallest absolute Gasteiger partial charge is 0.423 e. The van der Waals surface area contributed by atoms with Crippen LogP contribution in [0.15, 0.2) is 24.3 Å². The molecule has 7 nitrogen and oxygen atoms in total. The van der Waals surface area contributed by atoms with Gasteiger partial charge in [0, 0.05) is 6.42 Å². The second-order valence-electron chi connectivity index (χ2n) is 5.07. The van der Waals surface area contributed by atoms with Crippen LogP contribution in [0, 0.1) is 0 Å². The van der Waals surface area contributed by atoms with E-state index in [4.69, 9.17) is 16.3 Å². The number of rotatable bonds is 4. The summed E-state index contributed by atoms with van der Waals surface area (Å²) in [4.78, 5) is 14.9. The highest BCUT2D eigenvalue weighted by Gasteiger charge is 2.32. The molecule has 0 amide bonds. The van der Waals surface area contributed by atoms with E-state index in [2.05, 4.69) is 15.8 Å². The number of hydrogen-bond acceptors (Lipinski definition) is 5. The quantitative estimate of drug-likeness (QED) is 0.289. The van der Waals surface area contributed by atoms with E-state index < -0.39 is 15.8 Å². The van der Waals surface area contributed by atoms with Gasteiger partial charge < -0.3 is 4.74 Å². The van der Waals surface area contributed by atoms with Crippen LogP contribution >= 0.6 is 11.6 Å². The van der Waals surface area contributed by atoms with Crippen LogP contribution in [0.2, 0.25) is 5.02 Å². The fraction of sp³-hybridized carbons (Fsp3) is 0.429. The molecular weight excluding hydrogens is 342 g/mol. The first kappa shape index (κ1) is 17.6. The van der Waals surface area contributed by atoms with Crippen LogP contribution in [0.3, 0.4) is 0 Å². The lowest BCUT2D eigenvalue weighted by atomic mass is 10.3. The molecule has 0 spiro atoms. The summed E-state index contributed by atoms with van der Waals surface area (Å²) in [5, 5.41) is 0.478. The van der Waals surface area contributed by atoms with Gasteiger partial charge in [0.2, 0.25) is 0 Å². The number of benzene rings is 1. The maximum atomic E-state index is 12.0. The topological polar surface area (TPSA) is 98.5 Å². The maximum absolute atomic E-state index is 12.0. The maximum Gasteiger partial charge on any atom is 0.423 e. The van der Waals surface area contributed by atoms with Crippen molar-refractivity contribution >= 4 is 38.9 Å². The van der Waals surface area contributed by atoms with Crippen molar-refractivity contribution in [2.75, 3.05) is 23.5 Å². The lowest BCUT2D eigenvalue weighted by molar-refractivity contribution is -0.497. The number of hydrogen-bond donors (Lipinski definition) is 3. The Morgan fingerprint density at radius 3 is 2.78 bits per heavy atom. The van der Waals surface area contributed by atoms with Gasteiger partial charge in [-0.05, 0) is 19.1 Å². The van der Waals surface area contributed by atoms with Gasteiger partial charge in [0.25, 0.3) is 0 Å². The number of halogens is 1. The van der Waals surface area contributed by atoms with E-state index in [1.807, 2.05) is 0 Å². The van der Waals surface area contributed by atoms with Gasteiger partial charge in [0.1, 0.15) is 6.04 Å². The van der Waals surface area contributed by atoms with Crippen LogP contribution in [-0.2, 0) is 19.4 Å². The molecule has 0 aromatic heterocycles. The minimum Gasteiger partial charge on any atom is -0.457 e. The first-order chi connectivity index (χ1) is 10.9. The van der Waals surface area contributed by atoms with Gasteiger partial charge in [-0.3, -0.25) is 4.99 Å². The molecule has 0 aliphatic carbocycles. The zero-order chi connectivity index (χ0) is 16.9. The average molecular weight is 361 g/mol. The van der Waals surface area contributed by atoms with E-state index in [-0.39, 0.29) is 30.0 Å². The van der Waals surface area contributed by atoms with Crippen molar-refractivity contribution in [3.63, 3.8) is 0 Å². The minimum atomic E-state index is -3.05. The molecule has 23 heavy (non-hydrogen) atoms. The van der Waals surface area contributed by atoms with Crippen molar-refractivity contribution in [1.29, 1.82) is 0 Å². The monoisotopic (exact) mass is 360 g/mol. The number of carbonyl (C=O) groups excluding carboxylic acids is 1. The summed E-state index contributed by atoms with van der Waals surface area (Å²) in [7, 11) is -3.05. The number of anilines is 1. The van der Waals surface area contributed by atoms with Crippen molar-refractivity contribution in [3.05, 3.63) is 29.3 Å². The van der Waals surface area contributed by atoms with E-state index >= 15 is 0 Å². The predicted octanol–water partition coefficient (Wildman–Crippen LogP) is -0.514. The molecule has 1 heterocycles. The number of carbonyl (C=O) groups is 1. The van der Waals surface area contributed by atoms with E-state index in [0.717, 1.165) is 0 Å². The standard InChI is InChI=1S/C14H18ClN3O4S/c1-2-22-14(19)13(16-10-7-8-23(20,21)9-10)18-17-12-6-4-3-5-11(12)15/h3-6,10,17H,2,7-9H2,1H3,(H,16,18)/p+1/t10-/m0/s1. The van der Waals surface area contributed by atoms with Crippen molar-refractivity contribution in [2.24, 2.45) is 0 Å². The van der Waals surface area contributed by atoms with Gasteiger partial charge in [-0.1, -0.05) is 23.7 Å². The number of nitrogens with one attached hydrogen (secondary N) is 3. The number of hydrazine groups is 1. The van der Waals surface area contributed by atoms with Crippen LogP contribution in [0.25, 0.3) is 0 Å². The lowest BCUT2D eigenvalue weighted by Crippen LogP contribution is -2.84. The molecule has 3 N–H and O–H groups in total. The normalized spacial score (nSPS) is 20.1. The Morgan fingerprint density at radius 2 is 2.17 bits per heavy atom. The van der Waals surface area contributed by atoms with Crippen LogP contribution in [0.5, 0.6) is 0 Å². The molecule has 126 valence electrons. The number of ether oxygens (including phenoxy) is 1. The summed E-state index contributed by atoms with van der Waals surface area (Å²) in [6.45, 7) is 1.90. The summed E-state index contributed by atoms with van der Waals surface area (Å²) in [5.74, 6) is -0.451. The third-order valence-corrected chi connectivity index (χ3v) is 5.35. The van der Waals surface area contributed by atoms with Crippen LogP contribution in [0.4, 0.5) is 5.69 Å². The van der Waals surface area contributed by atoms with Crippen molar-refractivity contribution < 1.29 is 22.9 Å². The van der Waals surface area contributed by atoms with Crippen molar-refractivity contribution in [3.8, 4) is 0 Å². The third-order valence-electron chi connectivity index (χ3n) is 3.26. The molecule has 1 aliphatic heterocycles. The summed E-state index contributed by atoms with van der Waals surface area (Å²) in [5.41, 5.74) is 6.11. The molecule has 1 aromatic carbocycles. The number of esters is 1. The Labute approximate surface area is 140 Å². The first-order valence-corrected chi connectivity index (χ1v) is 9.39. The SMILES string of the molecule is CCOC(=O)C(NNc1ccccc1Cl)=[NH+][C@H]1CCS(=O)(=O)C1. The van der Waals surface area contributed by atoms with E-state index in [1.54, 1.807) is 31.2 Å². The average Bonchev–Trinajstić information content (AvgIpc) is 2.84. The lowest BCUT2D eigenvalue weighted by Gasteiger charge is -2.08. The Kier molecular flexibility index (Phi) is 5.84. The van der Waals surface area contributed by atoms with Crippen molar-refractivity contribution in [2.45, 2.75) is 19.4 Å². The summed E-state index contributed by atoms with van der Waals surface area (Å²) >= 11 is 6.03. The summed E-state index contributed by atoms with van der Waals surface area (Å²) < 4.78 is 28.0. The fourth-order valence-electron chi connectivity index (χ4n) is 2.15. The Morgan fingerprint density at radius 1 is 1.43 bits per heavy atom. The highest BCUT2D eigenvalue weighted by atomic mass is 35.5. The van der Waals surface area contributed by atoms with Gasteiger partial charge in [-0.15, -0.1) is 0 Å². The molecule has 1 saturated heterocycles. The van der Waals surface area contributed by atoms with Gasteiger partial charge in [0.15, 0.2) is 9.84 Å². The molecule has 1 aromatic rings. The van der Waals surface area contributed by atoms with Gasteiger partial charge in [-0.2, -0.15) is 5.43 Å². The molecule has 1 fully saturated rings. The van der Waals surface area contributed by atoms with Crippen LogP contribution in [0.1, 0.15) is 13.3 Å². The Balaban J connectivity index is 2.11. The second kappa shape index (κ2) is 7.65. The van der Waals surface area contributed by atoms with E-state index in [0.29, 0.717) is 17.1 Å². The van der Waals surface area contributed by atoms with Crippen LogP contribution in [-0.4, -0.2) is 44.4 Å². The zero-order valence-electron chi connectivity index (χ0n) is 12.6. The van der Waals surface area contributed by atoms with Gasteiger partial charge in [-0.25, -0.2) is 18.6 Å². The number of sulfone groups is 1. The largest absolute Gasteiger partial charge is 0.457 e. The van der Waals surface area contributed by atoms with E-state index in [1.165, 1.54) is 0 Å². The fourth-order valence-corrected chi connectivity index (χ4v) is 4.01. The first-order valence-electron chi connectivity index (χ1n) is 7.19. The molecule has 1 atom stereocenters. The molecule has 9 heteroatoms. The third kappa shape index (κ3) is 5.11. The summed E-state index contributed by atoms with van der Waals surface area (Å²) in [6, 6.07) is 6.67. The van der Waals surface area contributed by atoms with Gasteiger partial charge in [0.05, 0.1) is 28.8 Å². The van der Waals surface area contributed by atoms with Gasteiger partial charge >= 0.3 is 11.8 Å². The second-order valence-corrected chi connectivity index (χ2v) is 7.71. The minimum absolute atomic E-state index is 0.0102. The summed E-state index contributed by atoms with van der Waals surface area (Å²) in [6.07, 6.45) is 0.443.